The number of rotatable bonds is 9. The van der Waals surface area contributed by atoms with Crippen molar-refractivity contribution in [3.05, 3.63) is 0 Å². The van der Waals surface area contributed by atoms with E-state index in [1.54, 1.807) is 4.31 Å². The molecule has 21 heavy (non-hydrogen) atoms. The zero-order chi connectivity index (χ0) is 15.3. The predicted molar refractivity (Wildman–Crippen MR) is 85.4 cm³/mol. The minimum Gasteiger partial charge on any atom is -0.319 e. The number of nitrogens with zero attached hydrogens (tertiary/aromatic N) is 2. The molecule has 2 fully saturated rings. The molecular formula is C14H30N4O2S. The molecule has 0 radical (unpaired) electrons. The first kappa shape index (κ1) is 17.1. The van der Waals surface area contributed by atoms with E-state index < -0.39 is 10.2 Å². The van der Waals surface area contributed by atoms with Gasteiger partial charge in [-0.3, -0.25) is 4.90 Å². The van der Waals surface area contributed by atoms with Crippen molar-refractivity contribution < 1.29 is 8.42 Å². The van der Waals surface area contributed by atoms with Gasteiger partial charge in [0.25, 0.3) is 10.2 Å². The molecule has 7 heteroatoms. The Balaban J connectivity index is 1.77. The van der Waals surface area contributed by atoms with Gasteiger partial charge in [0.1, 0.15) is 0 Å². The Bertz CT molecular complexity index is 409. The maximum atomic E-state index is 12.4. The summed E-state index contributed by atoms with van der Waals surface area (Å²) in [4.78, 5) is 2.36. The Morgan fingerprint density at radius 2 is 2.05 bits per heavy atom. The minimum atomic E-state index is -3.31. The summed E-state index contributed by atoms with van der Waals surface area (Å²) >= 11 is 0. The molecule has 1 atom stereocenters. The van der Waals surface area contributed by atoms with Crippen LogP contribution in [0.5, 0.6) is 0 Å². The van der Waals surface area contributed by atoms with Gasteiger partial charge in [0, 0.05) is 32.2 Å². The summed E-state index contributed by atoms with van der Waals surface area (Å²) in [5.74, 6) is 0.430. The van der Waals surface area contributed by atoms with E-state index in [2.05, 4.69) is 21.9 Å². The largest absolute Gasteiger partial charge is 0.319 e. The van der Waals surface area contributed by atoms with Crippen molar-refractivity contribution in [2.45, 2.75) is 38.6 Å². The van der Waals surface area contributed by atoms with E-state index in [0.717, 1.165) is 32.5 Å². The molecule has 0 aromatic heterocycles. The van der Waals surface area contributed by atoms with Crippen molar-refractivity contribution in [2.75, 3.05) is 46.3 Å². The molecule has 0 amide bonds. The van der Waals surface area contributed by atoms with Gasteiger partial charge in [-0.2, -0.15) is 12.7 Å². The van der Waals surface area contributed by atoms with E-state index in [9.17, 15) is 8.42 Å². The number of piperidine rings is 1. The highest BCUT2D eigenvalue weighted by Gasteiger charge is 2.30. The Morgan fingerprint density at radius 3 is 2.67 bits per heavy atom. The van der Waals surface area contributed by atoms with Crippen LogP contribution in [-0.4, -0.2) is 70.0 Å². The molecule has 1 saturated heterocycles. The third-order valence-corrected chi connectivity index (χ3v) is 6.05. The van der Waals surface area contributed by atoms with Crippen molar-refractivity contribution in [3.8, 4) is 0 Å². The maximum Gasteiger partial charge on any atom is 0.279 e. The van der Waals surface area contributed by atoms with Crippen LogP contribution in [0.25, 0.3) is 0 Å². The van der Waals surface area contributed by atoms with Crippen LogP contribution in [0, 0.1) is 5.92 Å². The van der Waals surface area contributed by atoms with Crippen LogP contribution in [0.3, 0.4) is 0 Å². The average Bonchev–Trinajstić information content (AvgIpc) is 3.29. The molecule has 1 saturated carbocycles. The van der Waals surface area contributed by atoms with Crippen LogP contribution < -0.4 is 10.0 Å². The summed E-state index contributed by atoms with van der Waals surface area (Å²) in [6.07, 6.45) is 4.59. The van der Waals surface area contributed by atoms with Crippen molar-refractivity contribution in [3.63, 3.8) is 0 Å². The van der Waals surface area contributed by atoms with E-state index in [0.29, 0.717) is 31.6 Å². The summed E-state index contributed by atoms with van der Waals surface area (Å²) in [7, 11) is -1.40. The maximum absolute atomic E-state index is 12.4. The van der Waals surface area contributed by atoms with Gasteiger partial charge >= 0.3 is 0 Å². The summed E-state index contributed by atoms with van der Waals surface area (Å²) in [5, 5.41) is 3.15. The SMILES string of the molecule is CCN(CCNS(=O)(=O)N1CCCC(CNC)C1)C1CC1. The van der Waals surface area contributed by atoms with Crippen LogP contribution in [0.4, 0.5) is 0 Å². The lowest BCUT2D eigenvalue weighted by atomic mass is 10.00. The predicted octanol–water partition coefficient (Wildman–Crippen LogP) is 0.237. The molecule has 1 aliphatic heterocycles. The highest BCUT2D eigenvalue weighted by molar-refractivity contribution is 7.87. The zero-order valence-corrected chi connectivity index (χ0v) is 14.2. The Hall–Kier alpha value is -0.210. The smallest absolute Gasteiger partial charge is 0.279 e. The number of hydrogen-bond acceptors (Lipinski definition) is 4. The molecule has 124 valence electrons. The molecule has 6 nitrogen and oxygen atoms in total. The van der Waals surface area contributed by atoms with Gasteiger partial charge in [0.05, 0.1) is 0 Å². The second-order valence-corrected chi connectivity index (χ2v) is 7.94. The van der Waals surface area contributed by atoms with Gasteiger partial charge in [-0.15, -0.1) is 0 Å². The molecule has 1 unspecified atom stereocenters. The van der Waals surface area contributed by atoms with Crippen LogP contribution in [0.15, 0.2) is 0 Å². The van der Waals surface area contributed by atoms with Crippen LogP contribution >= 0.6 is 0 Å². The van der Waals surface area contributed by atoms with Crippen LogP contribution in [0.1, 0.15) is 32.6 Å². The molecular weight excluding hydrogens is 288 g/mol. The van der Waals surface area contributed by atoms with E-state index in [1.165, 1.54) is 12.8 Å². The first-order valence-corrected chi connectivity index (χ1v) is 9.64. The normalized spacial score (nSPS) is 24.6. The van der Waals surface area contributed by atoms with Gasteiger partial charge < -0.3 is 5.32 Å². The van der Waals surface area contributed by atoms with E-state index in [-0.39, 0.29) is 0 Å². The second-order valence-electron chi connectivity index (χ2n) is 6.18. The van der Waals surface area contributed by atoms with Crippen molar-refractivity contribution in [1.82, 2.24) is 19.2 Å². The van der Waals surface area contributed by atoms with Gasteiger partial charge in [-0.1, -0.05) is 6.92 Å². The van der Waals surface area contributed by atoms with Gasteiger partial charge in [0.15, 0.2) is 0 Å². The fraction of sp³-hybridized carbons (Fsp3) is 1.00. The first-order chi connectivity index (χ1) is 10.1. The molecule has 0 bridgehead atoms. The van der Waals surface area contributed by atoms with Crippen molar-refractivity contribution in [2.24, 2.45) is 5.92 Å². The van der Waals surface area contributed by atoms with Gasteiger partial charge in [0.2, 0.25) is 0 Å². The third kappa shape index (κ3) is 5.17. The van der Waals surface area contributed by atoms with E-state index in [4.69, 9.17) is 0 Å². The number of nitrogens with one attached hydrogen (secondary N) is 2. The molecule has 0 aromatic carbocycles. The van der Waals surface area contributed by atoms with Gasteiger partial charge in [-0.05, 0) is 51.7 Å². The average molecular weight is 318 g/mol. The molecule has 2 rings (SSSR count). The topological polar surface area (TPSA) is 64.7 Å². The minimum absolute atomic E-state index is 0.430. The fourth-order valence-corrected chi connectivity index (χ4v) is 4.46. The number of likely N-dealkylation sites (N-methyl/N-ethyl adjacent to an activating group) is 1. The quantitative estimate of drug-likeness (QED) is 0.639. The molecule has 2 aliphatic rings. The van der Waals surface area contributed by atoms with Crippen LogP contribution in [-0.2, 0) is 10.2 Å². The zero-order valence-electron chi connectivity index (χ0n) is 13.3. The van der Waals surface area contributed by atoms with E-state index >= 15 is 0 Å². The molecule has 2 N–H and O–H groups in total. The third-order valence-electron chi connectivity index (χ3n) is 4.47. The second kappa shape index (κ2) is 7.87. The lowest BCUT2D eigenvalue weighted by molar-refractivity contribution is 0.257. The molecule has 0 spiro atoms. The Morgan fingerprint density at radius 1 is 1.29 bits per heavy atom. The summed E-state index contributed by atoms with van der Waals surface area (Å²) < 4.78 is 29.1. The van der Waals surface area contributed by atoms with Gasteiger partial charge in [-0.25, -0.2) is 4.72 Å². The van der Waals surface area contributed by atoms with Crippen LogP contribution in [0.2, 0.25) is 0 Å². The van der Waals surface area contributed by atoms with Crippen molar-refractivity contribution in [1.29, 1.82) is 0 Å². The lowest BCUT2D eigenvalue weighted by Crippen LogP contribution is -2.48. The molecule has 1 aliphatic carbocycles. The first-order valence-electron chi connectivity index (χ1n) is 8.20. The summed E-state index contributed by atoms with van der Waals surface area (Å²) in [6.45, 7) is 6.64. The molecule has 1 heterocycles. The van der Waals surface area contributed by atoms with E-state index in [1.807, 2.05) is 7.05 Å². The highest BCUT2D eigenvalue weighted by atomic mass is 32.2. The highest BCUT2D eigenvalue weighted by Crippen LogP contribution is 2.25. The van der Waals surface area contributed by atoms with Crippen molar-refractivity contribution >= 4 is 10.2 Å². The Kier molecular flexibility index (Phi) is 6.43. The monoisotopic (exact) mass is 318 g/mol. The fourth-order valence-electron chi connectivity index (χ4n) is 3.15. The Labute approximate surface area is 129 Å². The summed E-state index contributed by atoms with van der Waals surface area (Å²) in [6, 6.07) is 0.689. The molecule has 0 aromatic rings. The number of hydrogen-bond donors (Lipinski definition) is 2. The standard InChI is InChI=1S/C14H30N4O2S/c1-3-17(14-6-7-14)10-8-16-21(19,20)18-9-4-5-13(12-18)11-15-2/h13-16H,3-12H2,1-2H3. The summed E-state index contributed by atoms with van der Waals surface area (Å²) in [5.41, 5.74) is 0. The lowest BCUT2D eigenvalue weighted by Gasteiger charge is -2.32.